The van der Waals surface area contributed by atoms with Crippen molar-refractivity contribution in [2.45, 2.75) is 32.8 Å². The van der Waals surface area contributed by atoms with Crippen LogP contribution in [0, 0.1) is 11.8 Å². The first-order chi connectivity index (χ1) is 25.4. The fraction of sp³-hybridized carbons (Fsp3) is 0.211. The average molecular weight is 755 g/mol. The third-order valence-electron chi connectivity index (χ3n) is 11.7. The Hall–Kier alpha value is -4.50. The van der Waals surface area contributed by atoms with Gasteiger partial charge in [-0.25, -0.2) is 9.98 Å². The number of nitrogens with one attached hydrogen (secondary N) is 4. The highest BCUT2D eigenvalue weighted by Gasteiger charge is 2.49. The second-order valence-electron chi connectivity index (χ2n) is 14.2. The Morgan fingerprint density at radius 1 is 0.442 bits per heavy atom. The molecule has 0 saturated heterocycles. The molecule has 17 rings (SSSR count). The molecule has 8 atom stereocenters. The minimum Gasteiger partial charge on any atom is -0.355 e. The Morgan fingerprint density at radius 2 is 0.923 bits per heavy atom. The lowest BCUT2D eigenvalue weighted by atomic mass is 9.84. The number of aliphatic imine (C=N–C) groups is 2. The maximum atomic E-state index is 13.4. The standard InChI is InChI=1S/C38H22N6O4S4/c45-35-11-1-5-19(49-35)27-17-10-16-24-12-2-7-21(51-36(12)46)29(24)33(40-16)43-32-26-14-4-8-22(52-38(14)48)30(26)34(44-32)42-31-25-13-3-6-20(50-37(13)47)28(25)18(41-31)9-15(39-17)23(11)27/h1-14,19-22,39H,(H3,40,41,42,43,44). The van der Waals surface area contributed by atoms with E-state index in [9.17, 15) is 19.2 Å². The van der Waals surface area contributed by atoms with Gasteiger partial charge in [0.15, 0.2) is 0 Å². The highest BCUT2D eigenvalue weighted by Crippen LogP contribution is 2.58. The first kappa shape index (κ1) is 29.0. The van der Waals surface area contributed by atoms with Crippen molar-refractivity contribution in [1.29, 1.82) is 0 Å². The quantitative estimate of drug-likeness (QED) is 0.218. The molecule has 252 valence electrons. The van der Waals surface area contributed by atoms with E-state index >= 15 is 0 Å². The second-order valence-corrected chi connectivity index (χ2v) is 18.8. The van der Waals surface area contributed by atoms with E-state index in [0.29, 0.717) is 29.0 Å². The van der Waals surface area contributed by atoms with Crippen LogP contribution in [-0.4, -0.2) is 52.6 Å². The van der Waals surface area contributed by atoms with Crippen LogP contribution in [0.25, 0.3) is 12.2 Å². The molecule has 16 bridgehead atoms. The molecule has 2 aromatic heterocycles. The molecule has 52 heavy (non-hydrogen) atoms. The van der Waals surface area contributed by atoms with Gasteiger partial charge in [-0.2, -0.15) is 0 Å². The summed E-state index contributed by atoms with van der Waals surface area (Å²) in [4.78, 5) is 71.2. The van der Waals surface area contributed by atoms with Crippen LogP contribution < -0.4 is 10.6 Å². The normalized spacial score (nSPS) is 34.3. The molecule has 0 radical (unpaired) electrons. The number of hydrogen-bond acceptors (Lipinski definition) is 12. The first-order valence-electron chi connectivity index (χ1n) is 17.1. The van der Waals surface area contributed by atoms with E-state index in [2.05, 4.69) is 44.9 Å². The van der Waals surface area contributed by atoms with Gasteiger partial charge in [0.25, 0.3) is 0 Å². The van der Waals surface area contributed by atoms with Crippen molar-refractivity contribution < 1.29 is 19.2 Å². The molecule has 0 saturated carbocycles. The zero-order valence-electron chi connectivity index (χ0n) is 26.6. The van der Waals surface area contributed by atoms with Crippen LogP contribution in [-0.2, 0) is 19.2 Å². The van der Waals surface area contributed by atoms with E-state index in [1.54, 1.807) is 0 Å². The van der Waals surface area contributed by atoms with Gasteiger partial charge in [0.2, 0.25) is 20.5 Å². The van der Waals surface area contributed by atoms with Crippen LogP contribution in [0.5, 0.6) is 0 Å². The molecule has 0 fully saturated rings. The van der Waals surface area contributed by atoms with E-state index in [-0.39, 0.29) is 41.5 Å². The molecular weight excluding hydrogens is 733 g/mol. The largest absolute Gasteiger partial charge is 0.355 e. The fourth-order valence-corrected chi connectivity index (χ4v) is 14.0. The fourth-order valence-electron chi connectivity index (χ4n) is 9.54. The number of carbonyl (C=O) groups is 4. The molecule has 8 unspecified atom stereocenters. The lowest BCUT2D eigenvalue weighted by molar-refractivity contribution is -0.113. The number of H-pyrrole nitrogens is 2. The van der Waals surface area contributed by atoms with Gasteiger partial charge in [0.05, 0.1) is 56.1 Å². The summed E-state index contributed by atoms with van der Waals surface area (Å²) in [6.07, 6.45) is 20.4. The topological polar surface area (TPSA) is 149 Å². The van der Waals surface area contributed by atoms with Gasteiger partial charge in [0, 0.05) is 44.8 Å². The van der Waals surface area contributed by atoms with Crippen LogP contribution >= 0.6 is 47.0 Å². The van der Waals surface area contributed by atoms with Crippen LogP contribution in [0.4, 0.5) is 11.6 Å². The zero-order chi connectivity index (χ0) is 34.3. The number of nitrogens with zero attached hydrogens (tertiary/aromatic N) is 2. The lowest BCUT2D eigenvalue weighted by Gasteiger charge is -2.32. The maximum absolute atomic E-state index is 13.4. The summed E-state index contributed by atoms with van der Waals surface area (Å²) in [6, 6.07) is 0. The molecule has 4 N–H and O–H groups in total. The number of amidine groups is 2. The van der Waals surface area contributed by atoms with Crippen molar-refractivity contribution >= 4 is 103 Å². The van der Waals surface area contributed by atoms with E-state index in [0.717, 1.165) is 61.6 Å². The molecule has 14 heteroatoms. The van der Waals surface area contributed by atoms with E-state index in [1.807, 2.05) is 36.5 Å². The highest BCUT2D eigenvalue weighted by atomic mass is 32.2. The predicted molar refractivity (Wildman–Crippen MR) is 206 cm³/mol. The number of anilines is 2. The zero-order valence-corrected chi connectivity index (χ0v) is 29.8. The SMILES string of the molecule is O=C1SC2C=CC1C1=C2C2=NC1=Cc1[nH]c(c3c1C1C=CC3C(=O)S1)C=C1N=C(Nc3[nH]c(c4c3C3C=CC4C(=O)S3)N2)C2=C1C1C=CC2C(=O)S1. The number of hydrogen-bond donors (Lipinski definition) is 4. The Bertz CT molecular complexity index is 2620. The van der Waals surface area contributed by atoms with Gasteiger partial charge < -0.3 is 20.6 Å². The van der Waals surface area contributed by atoms with Gasteiger partial charge in [0.1, 0.15) is 23.3 Å². The highest BCUT2D eigenvalue weighted by molar-refractivity contribution is 8.15. The molecule has 4 aliphatic carbocycles. The molecule has 0 amide bonds. The summed E-state index contributed by atoms with van der Waals surface area (Å²) in [7, 11) is 0. The number of aromatic nitrogens is 2. The Kier molecular flexibility index (Phi) is 5.42. The lowest BCUT2D eigenvalue weighted by Crippen LogP contribution is -2.33. The number of allylic oxidation sites excluding steroid dienone is 6. The molecule has 2 aromatic rings. The van der Waals surface area contributed by atoms with Crippen molar-refractivity contribution in [3.63, 3.8) is 0 Å². The minimum absolute atomic E-state index is 0.0895. The third-order valence-corrected chi connectivity index (χ3v) is 16.2. The van der Waals surface area contributed by atoms with Crippen LogP contribution in [0.3, 0.4) is 0 Å². The van der Waals surface area contributed by atoms with E-state index < -0.39 is 23.7 Å². The van der Waals surface area contributed by atoms with Crippen molar-refractivity contribution in [3.8, 4) is 0 Å². The molecule has 11 aliphatic heterocycles. The first-order valence-corrected chi connectivity index (χ1v) is 20.6. The summed E-state index contributed by atoms with van der Waals surface area (Å²) < 4.78 is 0. The third kappa shape index (κ3) is 3.54. The van der Waals surface area contributed by atoms with Crippen LogP contribution in [0.1, 0.15) is 56.0 Å². The summed E-state index contributed by atoms with van der Waals surface area (Å²) in [6.45, 7) is 0. The van der Waals surface area contributed by atoms with Crippen LogP contribution in [0.15, 0.2) is 92.3 Å². The van der Waals surface area contributed by atoms with Gasteiger partial charge in [-0.05, 0) is 23.3 Å². The van der Waals surface area contributed by atoms with Gasteiger partial charge >= 0.3 is 0 Å². The summed E-state index contributed by atoms with van der Waals surface area (Å²) in [5, 5.41) is 6.91. The van der Waals surface area contributed by atoms with Gasteiger partial charge in [-0.3, -0.25) is 19.2 Å². The van der Waals surface area contributed by atoms with Crippen molar-refractivity contribution in [3.05, 3.63) is 116 Å². The molecule has 0 aromatic carbocycles. The minimum atomic E-state index is -0.444. The van der Waals surface area contributed by atoms with Crippen LogP contribution in [0.2, 0.25) is 0 Å². The smallest absolute Gasteiger partial charge is 0.201 e. The monoisotopic (exact) mass is 754 g/mol. The van der Waals surface area contributed by atoms with Crippen molar-refractivity contribution in [2.24, 2.45) is 21.8 Å². The Morgan fingerprint density at radius 3 is 1.60 bits per heavy atom. The summed E-state index contributed by atoms with van der Waals surface area (Å²) in [5.74, 6) is 0.896. The molecule has 13 heterocycles. The number of thioether (sulfide) groups is 4. The number of fused-ring (bicyclic) bond motifs is 10. The number of rotatable bonds is 0. The Labute approximate surface area is 311 Å². The van der Waals surface area contributed by atoms with Gasteiger partial charge in [-0.15, -0.1) is 0 Å². The van der Waals surface area contributed by atoms with Gasteiger partial charge in [-0.1, -0.05) is 95.7 Å². The van der Waals surface area contributed by atoms with Crippen molar-refractivity contribution in [1.82, 2.24) is 9.97 Å². The molecule has 10 nitrogen and oxygen atoms in total. The second kappa shape index (κ2) is 9.72. The van der Waals surface area contributed by atoms with E-state index in [4.69, 9.17) is 9.98 Å². The van der Waals surface area contributed by atoms with Crippen molar-refractivity contribution in [2.75, 3.05) is 10.6 Å². The summed E-state index contributed by atoms with van der Waals surface area (Å²) >= 11 is 5.30. The number of carbonyl (C=O) groups excluding carboxylic acids is 4. The molecule has 15 aliphatic rings. The predicted octanol–water partition coefficient (Wildman–Crippen LogP) is 6.57. The van der Waals surface area contributed by atoms with E-state index in [1.165, 1.54) is 47.0 Å². The molecular formula is C38H22N6O4S4. The average Bonchev–Trinajstić information content (AvgIpc) is 3.90. The maximum Gasteiger partial charge on any atom is 0.201 e. The number of aromatic amines is 2. The summed E-state index contributed by atoms with van der Waals surface area (Å²) in [5.41, 5.74) is 10.6. The Balaban J connectivity index is 1.09. The molecule has 0 spiro atoms.